The Morgan fingerprint density at radius 1 is 1.20 bits per heavy atom. The molecule has 0 bridgehead atoms. The topological polar surface area (TPSA) is 71.2 Å². The third kappa shape index (κ3) is 2.85. The van der Waals surface area contributed by atoms with Gasteiger partial charge in [0.25, 0.3) is 0 Å². The van der Waals surface area contributed by atoms with Crippen LogP contribution in [0, 0.1) is 0 Å². The number of carboxylic acids is 1. The van der Waals surface area contributed by atoms with Crippen molar-refractivity contribution in [1.29, 1.82) is 0 Å². The zero-order chi connectivity index (χ0) is 13.9. The summed E-state index contributed by atoms with van der Waals surface area (Å²) in [6.45, 7) is 3.54. The van der Waals surface area contributed by atoms with Gasteiger partial charge in [0.15, 0.2) is 0 Å². The molecule has 0 atom stereocenters. The van der Waals surface area contributed by atoms with Gasteiger partial charge in [0.05, 0.1) is 13.0 Å². The van der Waals surface area contributed by atoms with Gasteiger partial charge in [-0.2, -0.15) is 0 Å². The Bertz CT molecular complexity index is 606. The van der Waals surface area contributed by atoms with E-state index in [0.717, 1.165) is 37.6 Å². The average molecular weight is 272 g/mol. The van der Waals surface area contributed by atoms with E-state index in [1.807, 2.05) is 24.3 Å². The Kier molecular flexibility index (Phi) is 3.47. The highest BCUT2D eigenvalue weighted by molar-refractivity contribution is 5.70. The third-order valence-electron chi connectivity index (χ3n) is 3.50. The SMILES string of the molecule is O=C(O)Cc1ccc(CN2CCn3cnnc3C2)cc1. The molecule has 1 aliphatic heterocycles. The van der Waals surface area contributed by atoms with E-state index in [1.54, 1.807) is 6.33 Å². The molecule has 104 valence electrons. The number of aromatic nitrogens is 3. The van der Waals surface area contributed by atoms with E-state index in [4.69, 9.17) is 5.11 Å². The molecular weight excluding hydrogens is 256 g/mol. The van der Waals surface area contributed by atoms with Crippen molar-refractivity contribution in [3.63, 3.8) is 0 Å². The first-order chi connectivity index (χ1) is 9.70. The second kappa shape index (κ2) is 5.42. The van der Waals surface area contributed by atoms with E-state index in [1.165, 1.54) is 5.56 Å². The summed E-state index contributed by atoms with van der Waals surface area (Å²) >= 11 is 0. The number of benzene rings is 1. The molecule has 0 saturated carbocycles. The van der Waals surface area contributed by atoms with E-state index in [9.17, 15) is 4.79 Å². The lowest BCUT2D eigenvalue weighted by Crippen LogP contribution is -2.33. The standard InChI is InChI=1S/C14H16N4O2/c19-14(20)7-11-1-3-12(4-2-11)8-17-5-6-18-10-15-16-13(18)9-17/h1-4,10H,5-9H2,(H,19,20). The maximum Gasteiger partial charge on any atom is 0.307 e. The van der Waals surface area contributed by atoms with Gasteiger partial charge in [-0.05, 0) is 11.1 Å². The zero-order valence-electron chi connectivity index (χ0n) is 11.1. The van der Waals surface area contributed by atoms with Gasteiger partial charge < -0.3 is 9.67 Å². The lowest BCUT2D eigenvalue weighted by atomic mass is 10.1. The second-order valence-electron chi connectivity index (χ2n) is 5.04. The summed E-state index contributed by atoms with van der Waals surface area (Å²) < 4.78 is 2.08. The van der Waals surface area contributed by atoms with Crippen LogP contribution in [0.2, 0.25) is 0 Å². The Morgan fingerprint density at radius 3 is 2.70 bits per heavy atom. The summed E-state index contributed by atoms with van der Waals surface area (Å²) in [5.41, 5.74) is 2.02. The number of fused-ring (bicyclic) bond motifs is 1. The normalized spacial score (nSPS) is 15.0. The largest absolute Gasteiger partial charge is 0.481 e. The first kappa shape index (κ1) is 12.8. The van der Waals surface area contributed by atoms with Crippen molar-refractivity contribution >= 4 is 5.97 Å². The predicted octanol–water partition coefficient (Wildman–Crippen LogP) is 0.921. The van der Waals surface area contributed by atoms with Crippen molar-refractivity contribution < 1.29 is 9.90 Å². The summed E-state index contributed by atoms with van der Waals surface area (Å²) in [5.74, 6) is 0.201. The highest BCUT2D eigenvalue weighted by Gasteiger charge is 2.17. The molecule has 0 aliphatic carbocycles. The molecule has 1 aromatic heterocycles. The van der Waals surface area contributed by atoms with Crippen molar-refractivity contribution in [3.05, 3.63) is 47.5 Å². The molecule has 1 aliphatic rings. The van der Waals surface area contributed by atoms with Crippen LogP contribution in [0.1, 0.15) is 17.0 Å². The molecule has 2 aromatic rings. The molecule has 0 fully saturated rings. The summed E-state index contributed by atoms with van der Waals surface area (Å²) in [7, 11) is 0. The monoisotopic (exact) mass is 272 g/mol. The van der Waals surface area contributed by atoms with Crippen molar-refractivity contribution in [2.45, 2.75) is 26.1 Å². The number of carboxylic acid groups (broad SMARTS) is 1. The van der Waals surface area contributed by atoms with Gasteiger partial charge in [0.1, 0.15) is 12.2 Å². The summed E-state index contributed by atoms with van der Waals surface area (Å²) in [4.78, 5) is 13.0. The number of aliphatic carboxylic acids is 1. The van der Waals surface area contributed by atoms with Crippen LogP contribution in [0.5, 0.6) is 0 Å². The molecule has 3 rings (SSSR count). The van der Waals surface area contributed by atoms with Gasteiger partial charge in [-0.3, -0.25) is 9.69 Å². The summed E-state index contributed by atoms with van der Waals surface area (Å²) in [5, 5.41) is 16.8. The molecule has 6 nitrogen and oxygen atoms in total. The van der Waals surface area contributed by atoms with Crippen LogP contribution in [0.25, 0.3) is 0 Å². The van der Waals surface area contributed by atoms with Crippen LogP contribution >= 0.6 is 0 Å². The van der Waals surface area contributed by atoms with E-state index < -0.39 is 5.97 Å². The van der Waals surface area contributed by atoms with E-state index in [-0.39, 0.29) is 6.42 Å². The van der Waals surface area contributed by atoms with Gasteiger partial charge in [0, 0.05) is 19.6 Å². The minimum Gasteiger partial charge on any atom is -0.481 e. The van der Waals surface area contributed by atoms with Crippen LogP contribution in [-0.4, -0.2) is 37.3 Å². The van der Waals surface area contributed by atoms with Crippen LogP contribution in [0.15, 0.2) is 30.6 Å². The zero-order valence-corrected chi connectivity index (χ0v) is 11.1. The van der Waals surface area contributed by atoms with Crippen molar-refractivity contribution in [2.75, 3.05) is 6.54 Å². The average Bonchev–Trinajstić information content (AvgIpc) is 2.88. The summed E-state index contributed by atoms with van der Waals surface area (Å²) in [6.07, 6.45) is 1.85. The van der Waals surface area contributed by atoms with Gasteiger partial charge >= 0.3 is 5.97 Å². The highest BCUT2D eigenvalue weighted by Crippen LogP contribution is 2.14. The van der Waals surface area contributed by atoms with Crippen LogP contribution in [0.4, 0.5) is 0 Å². The van der Waals surface area contributed by atoms with Crippen molar-refractivity contribution in [2.24, 2.45) is 0 Å². The van der Waals surface area contributed by atoms with Gasteiger partial charge in [0.2, 0.25) is 0 Å². The Labute approximate surface area is 116 Å². The van der Waals surface area contributed by atoms with Crippen molar-refractivity contribution in [3.8, 4) is 0 Å². The molecular formula is C14H16N4O2. The van der Waals surface area contributed by atoms with Gasteiger partial charge in [-0.1, -0.05) is 24.3 Å². The van der Waals surface area contributed by atoms with Crippen molar-refractivity contribution in [1.82, 2.24) is 19.7 Å². The van der Waals surface area contributed by atoms with E-state index >= 15 is 0 Å². The smallest absolute Gasteiger partial charge is 0.307 e. The first-order valence-corrected chi connectivity index (χ1v) is 6.59. The maximum absolute atomic E-state index is 10.6. The van der Waals surface area contributed by atoms with Gasteiger partial charge in [-0.15, -0.1) is 10.2 Å². The molecule has 0 radical (unpaired) electrons. The molecule has 0 spiro atoms. The molecule has 0 saturated heterocycles. The first-order valence-electron chi connectivity index (χ1n) is 6.59. The molecule has 2 heterocycles. The number of rotatable bonds is 4. The number of hydrogen-bond donors (Lipinski definition) is 1. The minimum absolute atomic E-state index is 0.0765. The Hall–Kier alpha value is -2.21. The molecule has 1 N–H and O–H groups in total. The Balaban J connectivity index is 1.62. The second-order valence-corrected chi connectivity index (χ2v) is 5.04. The number of carbonyl (C=O) groups is 1. The predicted molar refractivity (Wildman–Crippen MR) is 71.9 cm³/mol. The fraction of sp³-hybridized carbons (Fsp3) is 0.357. The Morgan fingerprint density at radius 2 is 1.95 bits per heavy atom. The van der Waals surface area contributed by atoms with Gasteiger partial charge in [-0.25, -0.2) is 0 Å². The lowest BCUT2D eigenvalue weighted by molar-refractivity contribution is -0.136. The molecule has 0 unspecified atom stereocenters. The molecule has 6 heteroatoms. The molecule has 1 aromatic carbocycles. The quantitative estimate of drug-likeness (QED) is 0.896. The van der Waals surface area contributed by atoms with E-state index in [0.29, 0.717) is 0 Å². The lowest BCUT2D eigenvalue weighted by Gasteiger charge is -2.26. The van der Waals surface area contributed by atoms with Crippen LogP contribution in [-0.2, 0) is 30.8 Å². The molecule has 0 amide bonds. The highest BCUT2D eigenvalue weighted by atomic mass is 16.4. The van der Waals surface area contributed by atoms with E-state index in [2.05, 4.69) is 19.7 Å². The third-order valence-corrected chi connectivity index (χ3v) is 3.50. The molecule has 20 heavy (non-hydrogen) atoms. The fourth-order valence-electron chi connectivity index (χ4n) is 2.45. The van der Waals surface area contributed by atoms with Crippen LogP contribution < -0.4 is 0 Å². The summed E-state index contributed by atoms with van der Waals surface area (Å²) in [6, 6.07) is 7.76. The number of hydrogen-bond acceptors (Lipinski definition) is 4. The van der Waals surface area contributed by atoms with Crippen LogP contribution in [0.3, 0.4) is 0 Å². The maximum atomic E-state index is 10.6. The number of nitrogens with zero attached hydrogens (tertiary/aromatic N) is 4. The minimum atomic E-state index is -0.798. The fourth-order valence-corrected chi connectivity index (χ4v) is 2.45.